The van der Waals surface area contributed by atoms with Crippen LogP contribution in [0.1, 0.15) is 20.3 Å². The zero-order chi connectivity index (χ0) is 12.4. The Kier molecular flexibility index (Phi) is 3.57. The molecule has 0 radical (unpaired) electrons. The fourth-order valence-corrected chi connectivity index (χ4v) is 2.22. The molecule has 5 nitrogen and oxygen atoms in total. The molecular weight excluding hydrogens is 212 g/mol. The van der Waals surface area contributed by atoms with Crippen LogP contribution in [0.25, 0.3) is 0 Å². The molecule has 1 rings (SSSR count). The topological polar surface area (TPSA) is 61.8 Å². The maximum atomic E-state index is 11.6. The van der Waals surface area contributed by atoms with Crippen LogP contribution in [0.4, 0.5) is 0 Å². The van der Waals surface area contributed by atoms with Gasteiger partial charge in [0.2, 0.25) is 0 Å². The zero-order valence-electron chi connectivity index (χ0n) is 10.2. The van der Waals surface area contributed by atoms with Crippen molar-refractivity contribution in [2.75, 3.05) is 27.4 Å². The maximum Gasteiger partial charge on any atom is 0.313 e. The van der Waals surface area contributed by atoms with Crippen LogP contribution in [0.5, 0.6) is 0 Å². The number of rotatable bonds is 2. The molecule has 5 heteroatoms. The summed E-state index contributed by atoms with van der Waals surface area (Å²) >= 11 is 0. The van der Waals surface area contributed by atoms with Gasteiger partial charge in [-0.25, -0.2) is 0 Å². The Hall–Kier alpha value is -1.10. The van der Waals surface area contributed by atoms with Crippen LogP contribution in [0.15, 0.2) is 0 Å². The number of hydrogen-bond donors (Lipinski definition) is 0. The van der Waals surface area contributed by atoms with Gasteiger partial charge < -0.3 is 14.2 Å². The second kappa shape index (κ2) is 4.41. The van der Waals surface area contributed by atoms with E-state index in [2.05, 4.69) is 0 Å². The van der Waals surface area contributed by atoms with E-state index in [9.17, 15) is 9.59 Å². The molecule has 92 valence electrons. The summed E-state index contributed by atoms with van der Waals surface area (Å²) in [7, 11) is 2.66. The second-order valence-electron chi connectivity index (χ2n) is 4.77. The standard InChI is InChI=1S/C11H18O5/c1-10(8(12)14-3)5-11(2,7-16-6-10)9(13)15-4/h5-7H2,1-4H3. The van der Waals surface area contributed by atoms with Crippen LogP contribution < -0.4 is 0 Å². The van der Waals surface area contributed by atoms with Crippen molar-refractivity contribution in [3.8, 4) is 0 Å². The number of ether oxygens (including phenoxy) is 3. The van der Waals surface area contributed by atoms with Crippen molar-refractivity contribution < 1.29 is 23.8 Å². The summed E-state index contributed by atoms with van der Waals surface area (Å²) in [5.74, 6) is -0.718. The summed E-state index contributed by atoms with van der Waals surface area (Å²) in [6.45, 7) is 4.01. The fraction of sp³-hybridized carbons (Fsp3) is 0.818. The molecule has 16 heavy (non-hydrogen) atoms. The van der Waals surface area contributed by atoms with E-state index in [4.69, 9.17) is 14.2 Å². The number of esters is 2. The minimum absolute atomic E-state index is 0.270. The molecule has 1 aliphatic heterocycles. The Morgan fingerprint density at radius 1 is 1.00 bits per heavy atom. The predicted molar refractivity (Wildman–Crippen MR) is 55.7 cm³/mol. The van der Waals surface area contributed by atoms with E-state index in [0.717, 1.165) is 0 Å². The Bertz CT molecular complexity index is 273. The molecule has 1 heterocycles. The molecule has 2 atom stereocenters. The van der Waals surface area contributed by atoms with Crippen molar-refractivity contribution in [1.29, 1.82) is 0 Å². The van der Waals surface area contributed by atoms with Crippen molar-refractivity contribution in [2.45, 2.75) is 20.3 Å². The van der Waals surface area contributed by atoms with Gasteiger partial charge in [0.1, 0.15) is 0 Å². The molecule has 1 aliphatic rings. The lowest BCUT2D eigenvalue weighted by atomic mass is 9.71. The van der Waals surface area contributed by atoms with Crippen LogP contribution in [0.3, 0.4) is 0 Å². The average Bonchev–Trinajstić information content (AvgIpc) is 2.26. The smallest absolute Gasteiger partial charge is 0.313 e. The molecule has 0 bridgehead atoms. The maximum absolute atomic E-state index is 11.6. The van der Waals surface area contributed by atoms with Crippen molar-refractivity contribution in [2.24, 2.45) is 10.8 Å². The van der Waals surface area contributed by atoms with Crippen molar-refractivity contribution in [1.82, 2.24) is 0 Å². The molecule has 0 aromatic carbocycles. The fourth-order valence-electron chi connectivity index (χ4n) is 2.22. The third-order valence-corrected chi connectivity index (χ3v) is 2.98. The van der Waals surface area contributed by atoms with Crippen LogP contribution >= 0.6 is 0 Å². The number of carbonyl (C=O) groups excluding carboxylic acids is 2. The van der Waals surface area contributed by atoms with Gasteiger partial charge in [0.15, 0.2) is 0 Å². The van der Waals surface area contributed by atoms with E-state index in [0.29, 0.717) is 6.42 Å². The first kappa shape index (κ1) is 13.0. The molecule has 0 N–H and O–H groups in total. The first-order valence-corrected chi connectivity index (χ1v) is 5.12. The normalized spacial score (nSPS) is 34.2. The number of carbonyl (C=O) groups is 2. The summed E-state index contributed by atoms with van der Waals surface area (Å²) < 4.78 is 14.8. The van der Waals surface area contributed by atoms with E-state index in [-0.39, 0.29) is 25.2 Å². The SMILES string of the molecule is COC(=O)C1(C)COCC(C)(C(=O)OC)C1. The third kappa shape index (κ3) is 2.19. The Labute approximate surface area is 95.0 Å². The molecule has 2 unspecified atom stereocenters. The first-order chi connectivity index (χ1) is 7.38. The summed E-state index contributed by atoms with van der Waals surface area (Å²) in [5, 5.41) is 0. The monoisotopic (exact) mass is 230 g/mol. The summed E-state index contributed by atoms with van der Waals surface area (Å²) in [6, 6.07) is 0. The van der Waals surface area contributed by atoms with Gasteiger partial charge in [0.25, 0.3) is 0 Å². The van der Waals surface area contributed by atoms with Crippen LogP contribution in [-0.2, 0) is 23.8 Å². The van der Waals surface area contributed by atoms with Crippen LogP contribution in [-0.4, -0.2) is 39.4 Å². The lowest BCUT2D eigenvalue weighted by molar-refractivity contribution is -0.179. The van der Waals surface area contributed by atoms with Gasteiger partial charge in [-0.3, -0.25) is 9.59 Å². The summed E-state index contributed by atoms with van der Waals surface area (Å²) in [5.41, 5.74) is -1.56. The molecule has 1 saturated heterocycles. The number of methoxy groups -OCH3 is 2. The molecule has 1 fully saturated rings. The minimum atomic E-state index is -0.782. The van der Waals surface area contributed by atoms with Crippen molar-refractivity contribution in [3.63, 3.8) is 0 Å². The van der Waals surface area contributed by atoms with E-state index < -0.39 is 10.8 Å². The molecule has 0 amide bonds. The molecule has 0 aromatic heterocycles. The summed E-state index contributed by atoms with van der Waals surface area (Å²) in [6.07, 6.45) is 0.374. The highest BCUT2D eigenvalue weighted by molar-refractivity contribution is 5.81. The van der Waals surface area contributed by atoms with Gasteiger partial charge in [-0.1, -0.05) is 0 Å². The zero-order valence-corrected chi connectivity index (χ0v) is 10.2. The minimum Gasteiger partial charge on any atom is -0.469 e. The van der Waals surface area contributed by atoms with Crippen LogP contribution in [0.2, 0.25) is 0 Å². The highest BCUT2D eigenvalue weighted by Crippen LogP contribution is 2.40. The summed E-state index contributed by atoms with van der Waals surface area (Å²) in [4.78, 5) is 23.3. The highest BCUT2D eigenvalue weighted by atomic mass is 16.5. The Morgan fingerprint density at radius 2 is 1.38 bits per heavy atom. The van der Waals surface area contributed by atoms with Gasteiger partial charge in [-0.05, 0) is 20.3 Å². The lowest BCUT2D eigenvalue weighted by Gasteiger charge is -2.40. The largest absolute Gasteiger partial charge is 0.469 e. The van der Waals surface area contributed by atoms with Crippen molar-refractivity contribution in [3.05, 3.63) is 0 Å². The highest BCUT2D eigenvalue weighted by Gasteiger charge is 2.50. The van der Waals surface area contributed by atoms with E-state index >= 15 is 0 Å². The van der Waals surface area contributed by atoms with Gasteiger partial charge in [-0.15, -0.1) is 0 Å². The van der Waals surface area contributed by atoms with Crippen molar-refractivity contribution >= 4 is 11.9 Å². The first-order valence-electron chi connectivity index (χ1n) is 5.12. The number of hydrogen-bond acceptors (Lipinski definition) is 5. The van der Waals surface area contributed by atoms with E-state index in [1.807, 2.05) is 0 Å². The molecule has 0 aromatic rings. The Morgan fingerprint density at radius 3 is 1.69 bits per heavy atom. The lowest BCUT2D eigenvalue weighted by Crippen LogP contribution is -2.49. The van der Waals surface area contributed by atoms with Gasteiger partial charge in [0.05, 0.1) is 38.3 Å². The van der Waals surface area contributed by atoms with Gasteiger partial charge >= 0.3 is 11.9 Å². The molecule has 0 saturated carbocycles. The van der Waals surface area contributed by atoms with Gasteiger partial charge in [-0.2, -0.15) is 0 Å². The molecule has 0 aliphatic carbocycles. The second-order valence-corrected chi connectivity index (χ2v) is 4.77. The predicted octanol–water partition coefficient (Wildman–Crippen LogP) is 0.765. The van der Waals surface area contributed by atoms with E-state index in [1.165, 1.54) is 14.2 Å². The third-order valence-electron chi connectivity index (χ3n) is 2.98. The Balaban J connectivity index is 2.88. The van der Waals surface area contributed by atoms with Gasteiger partial charge in [0, 0.05) is 0 Å². The quantitative estimate of drug-likeness (QED) is 0.655. The average molecular weight is 230 g/mol. The van der Waals surface area contributed by atoms with Crippen LogP contribution in [0, 0.1) is 10.8 Å². The molecule has 0 spiro atoms. The van der Waals surface area contributed by atoms with E-state index in [1.54, 1.807) is 13.8 Å². The molecular formula is C11H18O5.